The van der Waals surface area contributed by atoms with Crippen LogP contribution >= 0.6 is 0 Å². The Balaban J connectivity index is 1.67. The molecule has 0 amide bonds. The van der Waals surface area contributed by atoms with Crippen molar-refractivity contribution in [3.05, 3.63) is 97.1 Å². The maximum absolute atomic E-state index is 2.55. The largest absolute Gasteiger partial charge is 0.340 e. The molecule has 0 saturated carbocycles. The molecule has 4 aromatic carbocycles. The molecule has 0 atom stereocenters. The van der Waals surface area contributed by atoms with Crippen LogP contribution in [0.2, 0.25) is 0 Å². The van der Waals surface area contributed by atoms with Gasteiger partial charge in [0.05, 0.1) is 0 Å². The Morgan fingerprint density at radius 3 is 1.52 bits per heavy atom. The zero-order valence-corrected chi connectivity index (χ0v) is 18.2. The van der Waals surface area contributed by atoms with Crippen LogP contribution in [0.1, 0.15) is 32.6 Å². The number of hydrogen-bond acceptors (Lipinski definition) is 0. The third-order valence-electron chi connectivity index (χ3n) is 6.32. The van der Waals surface area contributed by atoms with E-state index in [-0.39, 0.29) is 0 Å². The van der Waals surface area contributed by atoms with Crippen molar-refractivity contribution in [2.45, 2.75) is 39.2 Å². The van der Waals surface area contributed by atoms with Crippen LogP contribution in [-0.2, 0) is 6.54 Å². The molecule has 5 rings (SSSR count). The molecule has 0 aliphatic heterocycles. The molecule has 31 heavy (non-hydrogen) atoms. The molecule has 1 heterocycles. The van der Waals surface area contributed by atoms with Gasteiger partial charge < -0.3 is 4.57 Å². The molecule has 1 nitrogen and oxygen atoms in total. The van der Waals surface area contributed by atoms with Gasteiger partial charge in [-0.15, -0.1) is 0 Å². The van der Waals surface area contributed by atoms with E-state index in [0.29, 0.717) is 0 Å². The Bertz CT molecular complexity index is 1200. The molecule has 0 spiro atoms. The molecule has 1 heteroatoms. The van der Waals surface area contributed by atoms with Crippen molar-refractivity contribution >= 4 is 21.8 Å². The lowest BCUT2D eigenvalue weighted by Gasteiger charge is -2.10. The minimum absolute atomic E-state index is 1.07. The van der Waals surface area contributed by atoms with Gasteiger partial charge in [0.25, 0.3) is 0 Å². The normalized spacial score (nSPS) is 11.4. The fourth-order valence-corrected chi connectivity index (χ4v) is 4.65. The third-order valence-corrected chi connectivity index (χ3v) is 6.32. The van der Waals surface area contributed by atoms with Crippen molar-refractivity contribution in [2.75, 3.05) is 0 Å². The maximum Gasteiger partial charge on any atom is 0.0497 e. The van der Waals surface area contributed by atoms with E-state index < -0.39 is 0 Å². The summed E-state index contributed by atoms with van der Waals surface area (Å²) in [5.74, 6) is 0. The van der Waals surface area contributed by atoms with E-state index >= 15 is 0 Å². The standard InChI is InChI=1S/C30H29N/c1-2-3-4-11-20-31-29-21-25(23-12-7-5-8-13-23)16-18-27(29)28-19-17-26(22-30(28)31)24-14-9-6-10-15-24/h5-10,12-19,21-22H,2-4,11,20H2,1H3. The summed E-state index contributed by atoms with van der Waals surface area (Å²) < 4.78 is 2.55. The Hall–Kier alpha value is -3.32. The molecule has 0 saturated heterocycles. The van der Waals surface area contributed by atoms with Gasteiger partial charge in [0.15, 0.2) is 0 Å². The van der Waals surface area contributed by atoms with Gasteiger partial charge in [-0.3, -0.25) is 0 Å². The van der Waals surface area contributed by atoms with Crippen LogP contribution in [0.4, 0.5) is 0 Å². The van der Waals surface area contributed by atoms with Gasteiger partial charge in [0.1, 0.15) is 0 Å². The lowest BCUT2D eigenvalue weighted by atomic mass is 10.0. The Morgan fingerprint density at radius 1 is 0.516 bits per heavy atom. The molecule has 0 unspecified atom stereocenters. The van der Waals surface area contributed by atoms with Crippen LogP contribution in [0, 0.1) is 0 Å². The van der Waals surface area contributed by atoms with E-state index in [4.69, 9.17) is 0 Å². The number of nitrogens with zero attached hydrogens (tertiary/aromatic N) is 1. The zero-order valence-electron chi connectivity index (χ0n) is 18.2. The summed E-state index contributed by atoms with van der Waals surface area (Å²) in [6.45, 7) is 3.34. The molecule has 0 radical (unpaired) electrons. The van der Waals surface area contributed by atoms with Crippen LogP contribution in [0.3, 0.4) is 0 Å². The predicted molar refractivity (Wildman–Crippen MR) is 134 cm³/mol. The fraction of sp³-hybridized carbons (Fsp3) is 0.200. The number of aryl methyl sites for hydroxylation is 1. The van der Waals surface area contributed by atoms with Crippen molar-refractivity contribution in [1.82, 2.24) is 4.57 Å². The molecular formula is C30H29N. The molecule has 0 bridgehead atoms. The predicted octanol–water partition coefficient (Wildman–Crippen LogP) is 8.71. The summed E-state index contributed by atoms with van der Waals surface area (Å²) in [6.07, 6.45) is 5.08. The van der Waals surface area contributed by atoms with Crippen LogP contribution in [0.15, 0.2) is 97.1 Å². The van der Waals surface area contributed by atoms with E-state index in [2.05, 4.69) is 109 Å². The van der Waals surface area contributed by atoms with Gasteiger partial charge in [0, 0.05) is 28.4 Å². The average molecular weight is 404 g/mol. The summed E-state index contributed by atoms with van der Waals surface area (Å²) in [5.41, 5.74) is 7.81. The monoisotopic (exact) mass is 403 g/mol. The summed E-state index contributed by atoms with van der Waals surface area (Å²) in [4.78, 5) is 0. The molecule has 1 aromatic heterocycles. The molecule has 0 aliphatic carbocycles. The number of fused-ring (bicyclic) bond motifs is 3. The highest BCUT2D eigenvalue weighted by molar-refractivity contribution is 6.10. The Kier molecular flexibility index (Phi) is 5.58. The quantitative estimate of drug-likeness (QED) is 0.239. The van der Waals surface area contributed by atoms with Gasteiger partial charge in [0.2, 0.25) is 0 Å². The minimum atomic E-state index is 1.07. The maximum atomic E-state index is 2.55. The second-order valence-corrected chi connectivity index (χ2v) is 8.41. The van der Waals surface area contributed by atoms with E-state index in [9.17, 15) is 0 Å². The number of benzene rings is 4. The van der Waals surface area contributed by atoms with Gasteiger partial charge in [-0.05, 0) is 40.8 Å². The first kappa shape index (κ1) is 19.6. The number of aromatic nitrogens is 1. The van der Waals surface area contributed by atoms with Crippen LogP contribution < -0.4 is 0 Å². The molecule has 5 aromatic rings. The summed E-state index contributed by atoms with van der Waals surface area (Å²) in [5, 5.41) is 2.70. The lowest BCUT2D eigenvalue weighted by molar-refractivity contribution is 0.602. The molecule has 154 valence electrons. The molecular weight excluding hydrogens is 374 g/mol. The van der Waals surface area contributed by atoms with E-state index in [1.807, 2.05) is 0 Å². The van der Waals surface area contributed by atoms with E-state index in [0.717, 1.165) is 6.54 Å². The lowest BCUT2D eigenvalue weighted by Crippen LogP contribution is -1.98. The highest BCUT2D eigenvalue weighted by Gasteiger charge is 2.13. The van der Waals surface area contributed by atoms with Gasteiger partial charge in [-0.1, -0.05) is 111 Å². The molecule has 0 aliphatic rings. The first-order valence-electron chi connectivity index (χ1n) is 11.5. The van der Waals surface area contributed by atoms with E-state index in [1.165, 1.54) is 69.7 Å². The molecule has 0 fully saturated rings. The third kappa shape index (κ3) is 3.88. The Morgan fingerprint density at radius 2 is 1.03 bits per heavy atom. The van der Waals surface area contributed by atoms with Crippen molar-refractivity contribution in [3.8, 4) is 22.3 Å². The van der Waals surface area contributed by atoms with Gasteiger partial charge >= 0.3 is 0 Å². The van der Waals surface area contributed by atoms with Crippen LogP contribution in [0.5, 0.6) is 0 Å². The smallest absolute Gasteiger partial charge is 0.0497 e. The summed E-state index contributed by atoms with van der Waals surface area (Å²) >= 11 is 0. The zero-order chi connectivity index (χ0) is 21.0. The summed E-state index contributed by atoms with van der Waals surface area (Å²) in [7, 11) is 0. The van der Waals surface area contributed by atoms with Crippen LogP contribution in [-0.4, -0.2) is 4.57 Å². The Labute approximate surface area is 185 Å². The average Bonchev–Trinajstić information content (AvgIpc) is 3.15. The molecule has 0 N–H and O–H groups in total. The number of hydrogen-bond donors (Lipinski definition) is 0. The summed E-state index contributed by atoms with van der Waals surface area (Å²) in [6, 6.07) is 35.3. The van der Waals surface area contributed by atoms with Crippen molar-refractivity contribution in [2.24, 2.45) is 0 Å². The highest BCUT2D eigenvalue weighted by Crippen LogP contribution is 2.35. The van der Waals surface area contributed by atoms with Gasteiger partial charge in [-0.2, -0.15) is 0 Å². The minimum Gasteiger partial charge on any atom is -0.340 e. The van der Waals surface area contributed by atoms with Gasteiger partial charge in [-0.25, -0.2) is 0 Å². The first-order valence-corrected chi connectivity index (χ1v) is 11.5. The van der Waals surface area contributed by atoms with Crippen molar-refractivity contribution in [3.63, 3.8) is 0 Å². The topological polar surface area (TPSA) is 4.93 Å². The number of unbranched alkanes of at least 4 members (excludes halogenated alkanes) is 3. The number of rotatable bonds is 7. The first-order chi connectivity index (χ1) is 15.3. The fourth-order valence-electron chi connectivity index (χ4n) is 4.65. The van der Waals surface area contributed by atoms with E-state index in [1.54, 1.807) is 0 Å². The SMILES string of the molecule is CCCCCCn1c2cc(-c3ccccc3)ccc2c2ccc(-c3ccccc3)cc21. The van der Waals surface area contributed by atoms with Crippen molar-refractivity contribution < 1.29 is 0 Å². The highest BCUT2D eigenvalue weighted by atomic mass is 15.0. The van der Waals surface area contributed by atoms with Crippen LogP contribution in [0.25, 0.3) is 44.1 Å². The second kappa shape index (κ2) is 8.81. The van der Waals surface area contributed by atoms with Crippen molar-refractivity contribution in [1.29, 1.82) is 0 Å². The second-order valence-electron chi connectivity index (χ2n) is 8.41.